The molecule has 0 saturated heterocycles. The van der Waals surface area contributed by atoms with Crippen LogP contribution in [0.25, 0.3) is 22.7 Å². The van der Waals surface area contributed by atoms with Gasteiger partial charge in [-0.15, -0.1) is 0 Å². The van der Waals surface area contributed by atoms with Gasteiger partial charge in [0.05, 0.1) is 17.6 Å². The Bertz CT molecular complexity index is 1570. The van der Waals surface area contributed by atoms with Crippen LogP contribution < -0.4 is 10.9 Å². The van der Waals surface area contributed by atoms with Crippen LogP contribution in [0, 0.1) is 12.7 Å². The quantitative estimate of drug-likeness (QED) is 0.422. The maximum absolute atomic E-state index is 13.2. The summed E-state index contributed by atoms with van der Waals surface area (Å²) in [6, 6.07) is 13.7. The van der Waals surface area contributed by atoms with Gasteiger partial charge in [0.2, 0.25) is 5.95 Å². The van der Waals surface area contributed by atoms with Gasteiger partial charge in [0.25, 0.3) is 11.5 Å². The lowest BCUT2D eigenvalue weighted by molar-refractivity contribution is 0.102. The van der Waals surface area contributed by atoms with Crippen molar-refractivity contribution in [2.75, 3.05) is 5.32 Å². The van der Waals surface area contributed by atoms with E-state index < -0.39 is 17.3 Å². The van der Waals surface area contributed by atoms with Crippen molar-refractivity contribution in [2.24, 2.45) is 0 Å². The molecule has 2 N–H and O–H groups in total. The molecule has 0 atom stereocenters. The van der Waals surface area contributed by atoms with Gasteiger partial charge in [-0.05, 0) is 49.4 Å². The third kappa shape index (κ3) is 3.87. The molecule has 0 aliphatic carbocycles. The first-order valence-corrected chi connectivity index (χ1v) is 10.1. The molecular weight excluding hydrogens is 449 g/mol. The SMILES string of the molecule is Cc1cc(NC(=O)c2ccc(F)cc2)n(-c2nc3c(cnn3-c3cccc(Cl)c3)c(=O)[nH]2)n1. The van der Waals surface area contributed by atoms with Crippen molar-refractivity contribution in [3.8, 4) is 11.6 Å². The number of hydrogen-bond acceptors (Lipinski definition) is 5. The standard InChI is InChI=1S/C22H15ClFN7O2/c1-12-9-18(26-20(32)13-5-7-15(24)8-6-13)31(29-12)22-27-19-17(21(33)28-22)11-25-30(19)16-4-2-3-14(23)10-16/h2-11H,1H3,(H,26,32)(H,27,28,33). The number of carbonyl (C=O) groups is 1. The normalized spacial score (nSPS) is 11.1. The monoisotopic (exact) mass is 463 g/mol. The molecule has 1 amide bonds. The number of aromatic amines is 1. The Balaban J connectivity index is 1.58. The molecule has 3 heterocycles. The summed E-state index contributed by atoms with van der Waals surface area (Å²) in [5.41, 5.74) is 1.34. The van der Waals surface area contributed by atoms with E-state index in [4.69, 9.17) is 11.6 Å². The number of halogens is 2. The summed E-state index contributed by atoms with van der Waals surface area (Å²) < 4.78 is 16.0. The second-order valence-corrected chi connectivity index (χ2v) is 7.64. The number of aryl methyl sites for hydroxylation is 1. The fraction of sp³-hybridized carbons (Fsp3) is 0.0455. The second-order valence-electron chi connectivity index (χ2n) is 7.21. The van der Waals surface area contributed by atoms with E-state index in [0.717, 1.165) is 0 Å². The number of rotatable bonds is 4. The first kappa shape index (κ1) is 20.6. The highest BCUT2D eigenvalue weighted by Crippen LogP contribution is 2.20. The highest BCUT2D eigenvalue weighted by atomic mass is 35.5. The van der Waals surface area contributed by atoms with Crippen molar-refractivity contribution < 1.29 is 9.18 Å². The Morgan fingerprint density at radius 3 is 2.67 bits per heavy atom. The van der Waals surface area contributed by atoms with Crippen LogP contribution >= 0.6 is 11.6 Å². The smallest absolute Gasteiger partial charge is 0.263 e. The fourth-order valence-corrected chi connectivity index (χ4v) is 3.53. The maximum Gasteiger partial charge on any atom is 0.263 e. The predicted molar refractivity (Wildman–Crippen MR) is 121 cm³/mol. The average Bonchev–Trinajstić information content (AvgIpc) is 3.37. The zero-order valence-corrected chi connectivity index (χ0v) is 17.8. The van der Waals surface area contributed by atoms with Crippen LogP contribution in [-0.4, -0.2) is 35.4 Å². The van der Waals surface area contributed by atoms with Crippen molar-refractivity contribution in [3.63, 3.8) is 0 Å². The molecule has 5 aromatic rings. The zero-order valence-electron chi connectivity index (χ0n) is 17.1. The summed E-state index contributed by atoms with van der Waals surface area (Å²) in [6.45, 7) is 1.73. The van der Waals surface area contributed by atoms with E-state index in [0.29, 0.717) is 22.1 Å². The van der Waals surface area contributed by atoms with Gasteiger partial charge in [0.1, 0.15) is 17.0 Å². The van der Waals surface area contributed by atoms with Crippen LogP contribution in [0.2, 0.25) is 5.02 Å². The lowest BCUT2D eigenvalue weighted by Gasteiger charge is -2.09. The first-order chi connectivity index (χ1) is 15.9. The van der Waals surface area contributed by atoms with Crippen LogP contribution in [0.4, 0.5) is 10.2 Å². The summed E-state index contributed by atoms with van der Waals surface area (Å²) in [7, 11) is 0. The Hall–Kier alpha value is -4.31. The Morgan fingerprint density at radius 2 is 1.91 bits per heavy atom. The minimum atomic E-state index is -0.469. The number of benzene rings is 2. The molecule has 0 fully saturated rings. The molecule has 0 radical (unpaired) electrons. The van der Waals surface area contributed by atoms with E-state index in [1.165, 1.54) is 39.8 Å². The molecule has 33 heavy (non-hydrogen) atoms. The summed E-state index contributed by atoms with van der Waals surface area (Å²) in [5.74, 6) is -0.556. The lowest BCUT2D eigenvalue weighted by atomic mass is 10.2. The maximum atomic E-state index is 13.2. The lowest BCUT2D eigenvalue weighted by Crippen LogP contribution is -2.19. The van der Waals surface area contributed by atoms with E-state index in [1.807, 2.05) is 0 Å². The van der Waals surface area contributed by atoms with E-state index in [9.17, 15) is 14.0 Å². The topological polar surface area (TPSA) is 110 Å². The molecule has 5 rings (SSSR count). The summed E-state index contributed by atoms with van der Waals surface area (Å²) in [6.07, 6.45) is 1.41. The van der Waals surface area contributed by atoms with Crippen LogP contribution in [0.5, 0.6) is 0 Å². The zero-order chi connectivity index (χ0) is 23.1. The van der Waals surface area contributed by atoms with Crippen molar-refractivity contribution in [2.45, 2.75) is 6.92 Å². The van der Waals surface area contributed by atoms with Gasteiger partial charge < -0.3 is 5.32 Å². The van der Waals surface area contributed by atoms with Crippen molar-refractivity contribution in [1.29, 1.82) is 0 Å². The van der Waals surface area contributed by atoms with Gasteiger partial charge in [0, 0.05) is 16.7 Å². The number of carbonyl (C=O) groups excluding carboxylic acids is 1. The summed E-state index contributed by atoms with van der Waals surface area (Å²) in [5, 5.41) is 12.1. The van der Waals surface area contributed by atoms with Crippen LogP contribution in [-0.2, 0) is 0 Å². The Morgan fingerprint density at radius 1 is 1.12 bits per heavy atom. The third-order valence-corrected chi connectivity index (χ3v) is 5.09. The molecule has 0 unspecified atom stereocenters. The van der Waals surface area contributed by atoms with Gasteiger partial charge in [-0.25, -0.2) is 9.07 Å². The summed E-state index contributed by atoms with van der Waals surface area (Å²) in [4.78, 5) is 32.6. The molecular formula is C22H15ClFN7O2. The Kier molecular flexibility index (Phi) is 4.98. The van der Waals surface area contributed by atoms with Gasteiger partial charge in [0.15, 0.2) is 5.65 Å². The van der Waals surface area contributed by atoms with Crippen molar-refractivity contribution in [1.82, 2.24) is 29.5 Å². The average molecular weight is 464 g/mol. The number of anilines is 1. The fourth-order valence-electron chi connectivity index (χ4n) is 3.34. The van der Waals surface area contributed by atoms with Gasteiger partial charge in [-0.2, -0.15) is 19.9 Å². The van der Waals surface area contributed by atoms with Gasteiger partial charge in [-0.1, -0.05) is 17.7 Å². The number of amides is 1. The van der Waals surface area contributed by atoms with Crippen LogP contribution in [0.15, 0.2) is 65.6 Å². The van der Waals surface area contributed by atoms with Crippen molar-refractivity contribution in [3.05, 3.63) is 93.2 Å². The summed E-state index contributed by atoms with van der Waals surface area (Å²) >= 11 is 6.10. The van der Waals surface area contributed by atoms with E-state index in [2.05, 4.69) is 25.5 Å². The van der Waals surface area contributed by atoms with E-state index >= 15 is 0 Å². The minimum absolute atomic E-state index is 0.0822. The van der Waals surface area contributed by atoms with E-state index in [-0.39, 0.29) is 22.7 Å². The molecule has 11 heteroatoms. The second kappa shape index (κ2) is 7.99. The molecule has 164 valence electrons. The Labute approximate surface area is 190 Å². The first-order valence-electron chi connectivity index (χ1n) is 9.77. The number of hydrogen-bond donors (Lipinski definition) is 2. The van der Waals surface area contributed by atoms with Crippen molar-refractivity contribution >= 4 is 34.4 Å². The molecule has 0 spiro atoms. The molecule has 0 aliphatic heterocycles. The molecule has 0 aliphatic rings. The highest BCUT2D eigenvalue weighted by Gasteiger charge is 2.17. The number of fused-ring (bicyclic) bond motifs is 1. The largest absolute Gasteiger partial charge is 0.306 e. The molecule has 0 saturated carbocycles. The van der Waals surface area contributed by atoms with E-state index in [1.54, 1.807) is 37.3 Å². The highest BCUT2D eigenvalue weighted by molar-refractivity contribution is 6.30. The number of nitrogens with one attached hydrogen (secondary N) is 2. The minimum Gasteiger partial charge on any atom is -0.306 e. The van der Waals surface area contributed by atoms with Gasteiger partial charge >= 0.3 is 0 Å². The third-order valence-electron chi connectivity index (χ3n) is 4.86. The number of nitrogens with zero attached hydrogens (tertiary/aromatic N) is 5. The number of aromatic nitrogens is 6. The molecule has 0 bridgehead atoms. The van der Waals surface area contributed by atoms with Crippen LogP contribution in [0.3, 0.4) is 0 Å². The molecule has 3 aromatic heterocycles. The predicted octanol–water partition coefficient (Wildman–Crippen LogP) is 3.65. The molecule has 2 aromatic carbocycles. The van der Waals surface area contributed by atoms with Crippen LogP contribution in [0.1, 0.15) is 16.1 Å². The molecule has 9 nitrogen and oxygen atoms in total. The van der Waals surface area contributed by atoms with Gasteiger partial charge in [-0.3, -0.25) is 14.6 Å². The number of H-pyrrole nitrogens is 1.